The summed E-state index contributed by atoms with van der Waals surface area (Å²) in [5.41, 5.74) is 0. The Hall–Kier alpha value is 0.0735. The summed E-state index contributed by atoms with van der Waals surface area (Å²) in [5, 5.41) is 7.54. The molecule has 0 amide bonds. The average Bonchev–Trinajstić information content (AvgIpc) is 1.12. The van der Waals surface area contributed by atoms with Gasteiger partial charge in [-0.15, -0.1) is 0 Å². The molecule has 15 heteroatoms. The van der Waals surface area contributed by atoms with Gasteiger partial charge < -0.3 is 31.0 Å². The summed E-state index contributed by atoms with van der Waals surface area (Å²) in [4.78, 5) is 0. The topological polar surface area (TPSA) is 292 Å². The summed E-state index contributed by atoms with van der Waals surface area (Å²) in [6, 6.07) is 0. The molecule has 0 fully saturated rings. The van der Waals surface area contributed by atoms with E-state index in [4.69, 9.17) is 25.9 Å². The maximum absolute atomic E-state index is 8.85. The van der Waals surface area contributed by atoms with Crippen molar-refractivity contribution in [1.82, 2.24) is 0 Å². The quantitative estimate of drug-likeness (QED) is 0.322. The van der Waals surface area contributed by atoms with Crippen LogP contribution in [0.3, 0.4) is 0 Å². The van der Waals surface area contributed by atoms with Gasteiger partial charge in [0.05, 0.1) is 0 Å². The van der Waals surface area contributed by atoms with E-state index in [2.05, 4.69) is 10.3 Å². The van der Waals surface area contributed by atoms with E-state index in [1.807, 2.05) is 0 Å². The number of hydrogen-bond donors (Lipinski definition) is 2. The van der Waals surface area contributed by atoms with Crippen LogP contribution in [-0.2, 0) is 37.1 Å². The van der Waals surface area contributed by atoms with Gasteiger partial charge in [-0.05, 0) is 0 Å². The van der Waals surface area contributed by atoms with Gasteiger partial charge in [0.1, 0.15) is 0 Å². The Kier molecular flexibility index (Phi) is 50.4. The smallest absolute Gasteiger partial charge is 0.736 e. The molecule has 0 atom stereocenters. The molecule has 12 nitrogen and oxygen atoms in total. The molecule has 0 aromatic heterocycles. The molecule has 15 heavy (non-hydrogen) atoms. The second kappa shape index (κ2) is 16.5. The van der Waals surface area contributed by atoms with E-state index in [1.165, 1.54) is 0 Å². The molecule has 0 aliphatic carbocycles. The fraction of sp³-hybridized carbons (Fsp3) is 0. The third-order valence-electron chi connectivity index (χ3n) is 0. The summed E-state index contributed by atoms with van der Waals surface area (Å²) in [7, 11) is -8.83. The minimum Gasteiger partial charge on any atom is -0.736 e. The molecule has 0 saturated heterocycles. The molecule has 0 rings (SSSR count). The van der Waals surface area contributed by atoms with Crippen LogP contribution in [0.1, 0.15) is 0 Å². The van der Waals surface area contributed by atoms with Gasteiger partial charge in [-0.3, -0.25) is 0 Å². The van der Waals surface area contributed by atoms with Crippen molar-refractivity contribution in [3.63, 3.8) is 0 Å². The minimum absolute atomic E-state index is 0. The third kappa shape index (κ3) is 380000. The first-order valence-electron chi connectivity index (χ1n) is 1.47. The van der Waals surface area contributed by atoms with Gasteiger partial charge in [0.15, 0.2) is 20.6 Å². The monoisotopic (exact) mass is 322 g/mol. The largest absolute Gasteiger partial charge is 2.00 e. The van der Waals surface area contributed by atoms with E-state index in [1.54, 1.807) is 0 Å². The fourth-order valence-electron chi connectivity index (χ4n) is 0. The minimum atomic E-state index is -4.42. The van der Waals surface area contributed by atoms with Crippen molar-refractivity contribution < 1.29 is 64.3 Å². The summed E-state index contributed by atoms with van der Waals surface area (Å²) in [6.07, 6.45) is 0. The first-order chi connectivity index (χ1) is 4.00. The van der Waals surface area contributed by atoms with Gasteiger partial charge in [0.2, 0.25) is 0 Å². The maximum atomic E-state index is 8.85. The van der Waals surface area contributed by atoms with Crippen LogP contribution in [0.2, 0.25) is 0 Å². The van der Waals surface area contributed by atoms with Crippen molar-refractivity contribution in [2.45, 2.75) is 0 Å². The predicted molar refractivity (Wildman–Crippen MR) is 42.2 cm³/mol. The maximum Gasteiger partial charge on any atom is 2.00 e. The van der Waals surface area contributed by atoms with Crippen LogP contribution in [-0.4, -0.2) is 47.8 Å². The van der Waals surface area contributed by atoms with Crippen LogP contribution in [0, 0.1) is 0 Å². The molecule has 0 aromatic rings. The van der Waals surface area contributed by atoms with E-state index in [9.17, 15) is 0 Å². The van der Waals surface area contributed by atoms with Crippen LogP contribution < -0.4 is 10.3 Å². The van der Waals surface area contributed by atoms with Crippen molar-refractivity contribution in [2.24, 2.45) is 10.3 Å². The predicted octanol–water partition coefficient (Wildman–Crippen LogP) is -6.49. The van der Waals surface area contributed by atoms with Gasteiger partial charge in [0, 0.05) is 0 Å². The van der Waals surface area contributed by atoms with Crippen molar-refractivity contribution in [2.75, 3.05) is 0 Å². The molecular formula is H12N2NiO10S2. The molecule has 0 unspecified atom stereocenters. The zero-order valence-corrected chi connectivity index (χ0v) is 9.36. The number of nitrogens with two attached hydrogens (primary N) is 2. The van der Waals surface area contributed by atoms with E-state index < -0.39 is 20.6 Å². The van der Waals surface area contributed by atoms with Crippen LogP contribution >= 0.6 is 0 Å². The SMILES string of the molecule is NS(=O)(=O)[O-].NS(=O)(=O)[O-].O.O.O.O.[Ni+2]. The zero-order valence-electron chi connectivity index (χ0n) is 6.74. The Labute approximate surface area is 95.6 Å². The molecule has 0 heterocycles. The normalized spacial score (nSPS) is 7.73. The van der Waals surface area contributed by atoms with E-state index in [-0.39, 0.29) is 38.4 Å². The second-order valence-corrected chi connectivity index (χ2v) is 2.96. The molecule has 0 aromatic carbocycles. The van der Waals surface area contributed by atoms with Gasteiger partial charge in [-0.1, -0.05) is 0 Å². The Balaban J connectivity index is -0.0000000128. The van der Waals surface area contributed by atoms with Crippen LogP contribution in [0.5, 0.6) is 0 Å². The Morgan fingerprint density at radius 2 is 0.667 bits per heavy atom. The van der Waals surface area contributed by atoms with Crippen molar-refractivity contribution in [3.8, 4) is 0 Å². The number of hydrogen-bond acceptors (Lipinski definition) is 6. The van der Waals surface area contributed by atoms with Crippen molar-refractivity contribution in [3.05, 3.63) is 0 Å². The van der Waals surface area contributed by atoms with Crippen molar-refractivity contribution in [1.29, 1.82) is 0 Å². The van der Waals surface area contributed by atoms with E-state index in [0.29, 0.717) is 0 Å². The van der Waals surface area contributed by atoms with Crippen molar-refractivity contribution >= 4 is 20.6 Å². The molecule has 0 aliphatic rings. The Morgan fingerprint density at radius 3 is 0.667 bits per heavy atom. The molecule has 12 N–H and O–H groups in total. The van der Waals surface area contributed by atoms with Crippen LogP contribution in [0.25, 0.3) is 0 Å². The van der Waals surface area contributed by atoms with E-state index >= 15 is 0 Å². The van der Waals surface area contributed by atoms with Gasteiger partial charge in [0.25, 0.3) is 0 Å². The van der Waals surface area contributed by atoms with Crippen LogP contribution in [0.4, 0.5) is 0 Å². The molecule has 0 aliphatic heterocycles. The summed E-state index contributed by atoms with van der Waals surface area (Å²) in [5.74, 6) is 0. The average molecular weight is 323 g/mol. The zero-order chi connectivity index (χ0) is 9.00. The first kappa shape index (κ1) is 45.8. The standard InChI is InChI=1S/2H3NO3S.Ni.4H2O/c2*1-5(2,3)4;;;;;/h2*(H3,1,2,3,4);;4*1H2/q;;+2;;;;/p-2. The van der Waals surface area contributed by atoms with Crippen LogP contribution in [0.15, 0.2) is 0 Å². The summed E-state index contributed by atoms with van der Waals surface area (Å²) < 4.78 is 53.1. The molecule has 0 spiro atoms. The first-order valence-corrected chi connectivity index (χ1v) is 4.41. The molecule has 0 saturated carbocycles. The van der Waals surface area contributed by atoms with E-state index in [0.717, 1.165) is 0 Å². The molecule has 104 valence electrons. The Morgan fingerprint density at radius 1 is 0.667 bits per heavy atom. The Bertz CT molecular complexity index is 218. The van der Waals surface area contributed by atoms with Gasteiger partial charge >= 0.3 is 16.5 Å². The second-order valence-electron chi connectivity index (χ2n) is 0.986. The molecular weight excluding hydrogens is 311 g/mol. The van der Waals surface area contributed by atoms with Gasteiger partial charge in [-0.2, -0.15) is 0 Å². The fourth-order valence-corrected chi connectivity index (χ4v) is 0. The molecule has 0 radical (unpaired) electrons. The van der Waals surface area contributed by atoms with Gasteiger partial charge in [-0.25, -0.2) is 27.1 Å². The summed E-state index contributed by atoms with van der Waals surface area (Å²) in [6.45, 7) is 0. The molecule has 0 bridgehead atoms. The third-order valence-corrected chi connectivity index (χ3v) is 0. The number of rotatable bonds is 0. The summed E-state index contributed by atoms with van der Waals surface area (Å²) >= 11 is 0.